The lowest BCUT2D eigenvalue weighted by molar-refractivity contribution is 0.404. The summed E-state index contributed by atoms with van der Waals surface area (Å²) in [5, 5.41) is 7.19. The lowest BCUT2D eigenvalue weighted by Crippen LogP contribution is -2.46. The van der Waals surface area contributed by atoms with E-state index in [1.54, 1.807) is 25.1 Å². The van der Waals surface area contributed by atoms with E-state index in [0.29, 0.717) is 22.4 Å². The second kappa shape index (κ2) is 8.95. The summed E-state index contributed by atoms with van der Waals surface area (Å²) in [4.78, 5) is 5.86. The van der Waals surface area contributed by atoms with Crippen molar-refractivity contribution in [3.63, 3.8) is 0 Å². The maximum atomic E-state index is 14.1. The van der Waals surface area contributed by atoms with Crippen molar-refractivity contribution >= 4 is 28.6 Å². The lowest BCUT2D eigenvalue weighted by atomic mass is 9.94. The van der Waals surface area contributed by atoms with Gasteiger partial charge in [-0.05, 0) is 61.1 Å². The van der Waals surface area contributed by atoms with Crippen molar-refractivity contribution in [2.45, 2.75) is 13.0 Å². The Hall–Kier alpha value is -4.05. The highest BCUT2D eigenvalue weighted by Gasteiger charge is 2.35. The molecule has 1 unspecified atom stereocenters. The number of thiocarbonyl (C=S) groups is 1. The predicted octanol–water partition coefficient (Wildman–Crippen LogP) is 6.16. The van der Waals surface area contributed by atoms with E-state index >= 15 is 0 Å². The summed E-state index contributed by atoms with van der Waals surface area (Å²) in [6.45, 7) is 1.67. The summed E-state index contributed by atoms with van der Waals surface area (Å²) in [7, 11) is 0. The van der Waals surface area contributed by atoms with Crippen LogP contribution in [-0.4, -0.2) is 15.3 Å². The normalized spacial score (nSPS) is 16.0. The second-order valence-corrected chi connectivity index (χ2v) is 8.22. The zero-order valence-electron chi connectivity index (χ0n) is 18.1. The fourth-order valence-corrected chi connectivity index (χ4v) is 4.37. The third-order valence-corrected chi connectivity index (χ3v) is 5.81. The predicted molar refractivity (Wildman–Crippen MR) is 126 cm³/mol. The highest BCUT2D eigenvalue weighted by Crippen LogP contribution is 2.39. The van der Waals surface area contributed by atoms with E-state index in [4.69, 9.17) is 16.7 Å². The van der Waals surface area contributed by atoms with Gasteiger partial charge in [0.2, 0.25) is 5.82 Å². The van der Waals surface area contributed by atoms with Crippen molar-refractivity contribution in [2.75, 3.05) is 4.90 Å². The minimum Gasteiger partial charge on any atom is -0.351 e. The van der Waals surface area contributed by atoms with Crippen molar-refractivity contribution in [3.05, 3.63) is 107 Å². The number of nitrogens with zero attached hydrogens (tertiary/aromatic N) is 3. The van der Waals surface area contributed by atoms with E-state index in [1.165, 1.54) is 35.2 Å². The fourth-order valence-electron chi connectivity index (χ4n) is 4.01. The van der Waals surface area contributed by atoms with E-state index in [-0.39, 0.29) is 22.5 Å². The number of rotatable bonds is 4. The minimum atomic E-state index is -0.782. The summed E-state index contributed by atoms with van der Waals surface area (Å²) < 4.78 is 61.3. The molecule has 0 spiro atoms. The molecule has 176 valence electrons. The van der Waals surface area contributed by atoms with Gasteiger partial charge in [0.15, 0.2) is 5.11 Å². The van der Waals surface area contributed by atoms with Crippen LogP contribution < -0.4 is 10.2 Å². The molecule has 35 heavy (non-hydrogen) atoms. The van der Waals surface area contributed by atoms with Gasteiger partial charge in [-0.2, -0.15) is 4.98 Å². The van der Waals surface area contributed by atoms with E-state index in [2.05, 4.69) is 15.5 Å². The Morgan fingerprint density at radius 3 is 2.26 bits per heavy atom. The smallest absolute Gasteiger partial charge is 0.258 e. The molecule has 0 fully saturated rings. The van der Waals surface area contributed by atoms with Gasteiger partial charge < -0.3 is 9.84 Å². The first-order chi connectivity index (χ1) is 16.8. The molecule has 0 amide bonds. The molecule has 1 atom stereocenters. The number of aromatic nitrogens is 2. The summed E-state index contributed by atoms with van der Waals surface area (Å²) in [6.07, 6.45) is 0. The first kappa shape index (κ1) is 22.7. The van der Waals surface area contributed by atoms with Crippen LogP contribution in [0.1, 0.15) is 24.4 Å². The molecule has 5 nitrogen and oxygen atoms in total. The highest BCUT2D eigenvalue weighted by molar-refractivity contribution is 7.80. The SMILES string of the molecule is CC1=C(c2nc(-c3cccc(F)c3)no2)C(c2cccc(F)c2)NC(=S)N1c1cc(F)cc(F)c1. The number of anilines is 1. The van der Waals surface area contributed by atoms with Crippen LogP contribution >= 0.6 is 12.2 Å². The zero-order valence-corrected chi connectivity index (χ0v) is 18.9. The van der Waals surface area contributed by atoms with Gasteiger partial charge >= 0.3 is 0 Å². The summed E-state index contributed by atoms with van der Waals surface area (Å²) in [5.74, 6) is -2.31. The van der Waals surface area contributed by atoms with E-state index < -0.39 is 29.3 Å². The molecule has 0 aliphatic carbocycles. The average molecular weight is 496 g/mol. The van der Waals surface area contributed by atoms with Crippen molar-refractivity contribution in [1.29, 1.82) is 0 Å². The second-order valence-electron chi connectivity index (χ2n) is 7.83. The molecule has 0 bridgehead atoms. The molecular weight excluding hydrogens is 480 g/mol. The molecule has 0 radical (unpaired) electrons. The van der Waals surface area contributed by atoms with Gasteiger partial charge in [0.1, 0.15) is 23.3 Å². The molecule has 0 saturated carbocycles. The van der Waals surface area contributed by atoms with Crippen LogP contribution in [-0.2, 0) is 0 Å². The molecule has 3 aromatic carbocycles. The Kier molecular flexibility index (Phi) is 5.81. The van der Waals surface area contributed by atoms with Crippen molar-refractivity contribution in [1.82, 2.24) is 15.5 Å². The standard InChI is InChI=1S/C25H16F4N4OS/c1-13-21(24-31-23(32-34-24)15-5-3-7-17(27)9-15)22(14-4-2-6-16(26)8-14)30-25(35)33(13)20-11-18(28)10-19(29)12-20/h2-12,22H,1H3,(H,30,35). The maximum absolute atomic E-state index is 14.1. The van der Waals surface area contributed by atoms with Crippen LogP contribution in [0.25, 0.3) is 17.0 Å². The Bertz CT molecular complexity index is 1470. The first-order valence-electron chi connectivity index (χ1n) is 10.4. The molecule has 5 rings (SSSR count). The van der Waals surface area contributed by atoms with Gasteiger partial charge in [-0.25, -0.2) is 17.6 Å². The quantitative estimate of drug-likeness (QED) is 0.270. The van der Waals surface area contributed by atoms with Crippen LogP contribution in [0.2, 0.25) is 0 Å². The van der Waals surface area contributed by atoms with Gasteiger partial charge in [-0.3, -0.25) is 4.90 Å². The highest BCUT2D eigenvalue weighted by atomic mass is 32.1. The monoisotopic (exact) mass is 496 g/mol. The third-order valence-electron chi connectivity index (χ3n) is 5.51. The number of hydrogen-bond acceptors (Lipinski definition) is 4. The molecular formula is C25H16F4N4OS. The van der Waals surface area contributed by atoms with Crippen molar-refractivity contribution in [3.8, 4) is 11.4 Å². The van der Waals surface area contributed by atoms with Crippen LogP contribution in [0.15, 0.2) is 77.0 Å². The Morgan fingerprint density at radius 1 is 0.886 bits per heavy atom. The molecule has 1 aliphatic heterocycles. The topological polar surface area (TPSA) is 54.2 Å². The van der Waals surface area contributed by atoms with Crippen LogP contribution in [0.4, 0.5) is 23.2 Å². The van der Waals surface area contributed by atoms with E-state index in [1.807, 2.05) is 0 Å². The first-order valence-corrected chi connectivity index (χ1v) is 10.8. The third kappa shape index (κ3) is 4.40. The summed E-state index contributed by atoms with van der Waals surface area (Å²) >= 11 is 5.52. The molecule has 4 aromatic rings. The molecule has 1 aliphatic rings. The molecule has 1 N–H and O–H groups in total. The molecule has 0 saturated heterocycles. The van der Waals surface area contributed by atoms with E-state index in [9.17, 15) is 17.6 Å². The van der Waals surface area contributed by atoms with Crippen LogP contribution in [0.3, 0.4) is 0 Å². The van der Waals surface area contributed by atoms with Crippen LogP contribution in [0.5, 0.6) is 0 Å². The van der Waals surface area contributed by atoms with Crippen LogP contribution in [0, 0.1) is 23.3 Å². The van der Waals surface area contributed by atoms with Gasteiger partial charge in [-0.1, -0.05) is 29.4 Å². The summed E-state index contributed by atoms with van der Waals surface area (Å²) in [5.41, 5.74) is 1.88. The Balaban J connectivity index is 1.68. The van der Waals surface area contributed by atoms with Crippen molar-refractivity contribution in [2.24, 2.45) is 0 Å². The zero-order chi connectivity index (χ0) is 24.7. The number of halogens is 4. The van der Waals surface area contributed by atoms with Gasteiger partial charge in [-0.15, -0.1) is 0 Å². The Labute approximate surface area is 202 Å². The number of benzene rings is 3. The number of allylic oxidation sites excluding steroid dienone is 1. The molecule has 1 aromatic heterocycles. The largest absolute Gasteiger partial charge is 0.351 e. The molecule has 2 heterocycles. The lowest BCUT2D eigenvalue weighted by Gasteiger charge is -2.37. The molecule has 10 heteroatoms. The summed E-state index contributed by atoms with van der Waals surface area (Å²) in [6, 6.07) is 13.9. The average Bonchev–Trinajstić information content (AvgIpc) is 3.28. The number of nitrogens with one attached hydrogen (secondary N) is 1. The van der Waals surface area contributed by atoms with Crippen molar-refractivity contribution < 1.29 is 22.1 Å². The van der Waals surface area contributed by atoms with Gasteiger partial charge in [0.05, 0.1) is 17.3 Å². The van der Waals surface area contributed by atoms with Gasteiger partial charge in [0.25, 0.3) is 5.89 Å². The Morgan fingerprint density at radius 2 is 1.57 bits per heavy atom. The fraction of sp³-hybridized carbons (Fsp3) is 0.0800. The van der Waals surface area contributed by atoms with E-state index in [0.717, 1.165) is 18.2 Å². The minimum absolute atomic E-state index is 0.0490. The maximum Gasteiger partial charge on any atom is 0.258 e. The number of hydrogen-bond donors (Lipinski definition) is 1. The van der Waals surface area contributed by atoms with Gasteiger partial charge in [0, 0.05) is 17.3 Å².